The van der Waals surface area contributed by atoms with Crippen molar-refractivity contribution < 1.29 is 42.2 Å². The van der Waals surface area contributed by atoms with E-state index < -0.39 is 51.5 Å². The number of nitro groups is 1. The number of carbonyl (C=O) groups is 2. The number of fused-ring (bicyclic) bond motifs is 6. The molecule has 5 heterocycles. The molecule has 0 fully saturated rings. The molecule has 0 aliphatic carbocycles. The number of benzene rings is 1. The van der Waals surface area contributed by atoms with Crippen molar-refractivity contribution in [1.29, 1.82) is 0 Å². The molecule has 1 aromatic carbocycles. The number of nitro benzene ring substituents is 1. The van der Waals surface area contributed by atoms with Gasteiger partial charge < -0.3 is 28.8 Å². The zero-order valence-corrected chi connectivity index (χ0v) is 22.0. The van der Waals surface area contributed by atoms with E-state index in [0.29, 0.717) is 11.1 Å². The van der Waals surface area contributed by atoms with E-state index in [9.17, 15) is 33.3 Å². The SMILES string of the molecule is CCc1c2c(nc3cc4c(c([N+](=O)[O-])c13)OC(F)(F)O4)-c1cc3c(c(=O)n1C2)COC(=O)C3(CC)OC(=O)CNC. The molecule has 3 aromatic rings. The second kappa shape index (κ2) is 8.92. The third kappa shape index (κ3) is 3.68. The molecule has 41 heavy (non-hydrogen) atoms. The number of hydrogen-bond acceptors (Lipinski definition) is 11. The summed E-state index contributed by atoms with van der Waals surface area (Å²) in [4.78, 5) is 55.2. The number of aryl methyl sites for hydroxylation is 1. The second-order valence-corrected chi connectivity index (χ2v) is 9.72. The van der Waals surface area contributed by atoms with Crippen molar-refractivity contribution >= 4 is 28.5 Å². The molecule has 15 heteroatoms. The number of likely N-dealkylation sites (N-methyl/N-ethyl adjacent to an activating group) is 1. The number of alkyl halides is 2. The Balaban J connectivity index is 1.62. The Labute approximate surface area is 229 Å². The summed E-state index contributed by atoms with van der Waals surface area (Å²) in [6, 6.07) is 2.66. The summed E-state index contributed by atoms with van der Waals surface area (Å²) in [7, 11) is 1.53. The molecule has 1 N–H and O–H groups in total. The second-order valence-electron chi connectivity index (χ2n) is 9.72. The number of carbonyl (C=O) groups excluding carboxylic acids is 2. The van der Waals surface area contributed by atoms with E-state index >= 15 is 0 Å². The highest BCUT2D eigenvalue weighted by Gasteiger charge is 2.51. The summed E-state index contributed by atoms with van der Waals surface area (Å²) in [5.74, 6) is -2.82. The van der Waals surface area contributed by atoms with Crippen LogP contribution in [-0.4, -0.2) is 46.3 Å². The van der Waals surface area contributed by atoms with Crippen LogP contribution < -0.4 is 20.3 Å². The number of nitrogens with zero attached hydrogens (tertiary/aromatic N) is 3. The Morgan fingerprint density at radius 1 is 1.24 bits per heavy atom. The normalized spacial score (nSPS) is 19.4. The number of cyclic esters (lactones) is 1. The minimum Gasteiger partial charge on any atom is -0.457 e. The maximum atomic E-state index is 13.9. The molecule has 6 rings (SSSR count). The number of rotatable bonds is 6. The van der Waals surface area contributed by atoms with E-state index in [-0.39, 0.29) is 66.0 Å². The van der Waals surface area contributed by atoms with Gasteiger partial charge in [0.15, 0.2) is 5.75 Å². The highest BCUT2D eigenvalue weighted by molar-refractivity contribution is 5.99. The van der Waals surface area contributed by atoms with E-state index in [0.717, 1.165) is 6.07 Å². The Hall–Kier alpha value is -4.66. The molecule has 0 amide bonds. The first-order valence-corrected chi connectivity index (χ1v) is 12.7. The fraction of sp³-hybridized carbons (Fsp3) is 0.385. The van der Waals surface area contributed by atoms with Crippen LogP contribution >= 0.6 is 0 Å². The molecule has 0 radical (unpaired) electrons. The molecule has 214 valence electrons. The number of halogens is 2. The Kier molecular flexibility index (Phi) is 5.78. The predicted octanol–water partition coefficient (Wildman–Crippen LogP) is 2.64. The highest BCUT2D eigenvalue weighted by atomic mass is 19.3. The van der Waals surface area contributed by atoms with Gasteiger partial charge in [0, 0.05) is 17.2 Å². The Morgan fingerprint density at radius 3 is 2.66 bits per heavy atom. The standard InChI is InChI=1S/C26H22F2N4O9/c1-4-11-12-9-31-16(6-14-13(23(31)34)10-38-24(35)25(14,5-2)40-18(33)8-29-3)20(12)30-15-7-17-22(41-26(27,28)39-17)21(19(11)15)32(36)37/h6-7,29H,4-5,8-10H2,1-3H3. The van der Waals surface area contributed by atoms with Gasteiger partial charge in [-0.25, -0.2) is 9.78 Å². The van der Waals surface area contributed by atoms with Crippen LogP contribution in [0.5, 0.6) is 11.5 Å². The van der Waals surface area contributed by atoms with Crippen LogP contribution in [0.25, 0.3) is 22.3 Å². The van der Waals surface area contributed by atoms with Gasteiger partial charge in [0.05, 0.1) is 45.9 Å². The lowest BCUT2D eigenvalue weighted by Crippen LogP contribution is -2.48. The molecule has 3 aliphatic heterocycles. The van der Waals surface area contributed by atoms with Gasteiger partial charge in [-0.2, -0.15) is 0 Å². The quantitative estimate of drug-likeness (QED) is 0.205. The smallest absolute Gasteiger partial charge is 0.457 e. The average molecular weight is 572 g/mol. The number of nitrogens with one attached hydrogen (secondary N) is 1. The first-order valence-electron chi connectivity index (χ1n) is 12.7. The maximum absolute atomic E-state index is 13.9. The molecule has 1 unspecified atom stereocenters. The maximum Gasteiger partial charge on any atom is 0.586 e. The number of hydrogen-bond donors (Lipinski definition) is 1. The Morgan fingerprint density at radius 2 is 2.00 bits per heavy atom. The average Bonchev–Trinajstić information content (AvgIpc) is 3.43. The van der Waals surface area contributed by atoms with E-state index in [1.807, 2.05) is 0 Å². The number of aromatic nitrogens is 2. The fourth-order valence-electron chi connectivity index (χ4n) is 5.81. The van der Waals surface area contributed by atoms with Crippen molar-refractivity contribution in [3.8, 4) is 22.9 Å². The zero-order valence-electron chi connectivity index (χ0n) is 22.0. The molecule has 0 bridgehead atoms. The van der Waals surface area contributed by atoms with E-state index in [1.54, 1.807) is 13.8 Å². The first-order chi connectivity index (χ1) is 19.5. The van der Waals surface area contributed by atoms with Gasteiger partial charge in [-0.05, 0) is 31.5 Å². The third-order valence-electron chi connectivity index (χ3n) is 7.55. The zero-order chi connectivity index (χ0) is 29.4. The molecular formula is C26H22F2N4O9. The van der Waals surface area contributed by atoms with Gasteiger partial charge in [-0.1, -0.05) is 13.8 Å². The molecule has 2 aromatic heterocycles. The van der Waals surface area contributed by atoms with Gasteiger partial charge in [0.1, 0.15) is 6.61 Å². The van der Waals surface area contributed by atoms with Crippen LogP contribution in [0.3, 0.4) is 0 Å². The van der Waals surface area contributed by atoms with Gasteiger partial charge in [0.2, 0.25) is 5.60 Å². The van der Waals surface area contributed by atoms with Crippen molar-refractivity contribution in [2.45, 2.75) is 51.7 Å². The molecule has 0 saturated carbocycles. The van der Waals surface area contributed by atoms with Crippen LogP contribution in [0.15, 0.2) is 16.9 Å². The highest BCUT2D eigenvalue weighted by Crippen LogP contribution is 2.52. The monoisotopic (exact) mass is 572 g/mol. The molecule has 0 spiro atoms. The van der Waals surface area contributed by atoms with Crippen LogP contribution in [0, 0.1) is 10.1 Å². The van der Waals surface area contributed by atoms with Crippen molar-refractivity contribution in [1.82, 2.24) is 14.9 Å². The summed E-state index contributed by atoms with van der Waals surface area (Å²) >= 11 is 0. The molecule has 1 atom stereocenters. The lowest BCUT2D eigenvalue weighted by Gasteiger charge is -2.35. The van der Waals surface area contributed by atoms with Gasteiger partial charge >= 0.3 is 23.9 Å². The number of pyridine rings is 2. The molecule has 13 nitrogen and oxygen atoms in total. The molecule has 3 aliphatic rings. The fourth-order valence-corrected chi connectivity index (χ4v) is 5.81. The lowest BCUT2D eigenvalue weighted by atomic mass is 9.85. The summed E-state index contributed by atoms with van der Waals surface area (Å²) < 4.78 is 49.1. The van der Waals surface area contributed by atoms with Crippen molar-refractivity contribution in [3.05, 3.63) is 54.9 Å². The van der Waals surface area contributed by atoms with Gasteiger partial charge in [0.25, 0.3) is 11.3 Å². The lowest BCUT2D eigenvalue weighted by molar-refractivity contribution is -0.385. The topological polar surface area (TPSA) is 161 Å². The summed E-state index contributed by atoms with van der Waals surface area (Å²) in [5, 5.41) is 14.8. The Bertz CT molecular complexity index is 1770. The summed E-state index contributed by atoms with van der Waals surface area (Å²) in [6.07, 6.45) is -3.90. The summed E-state index contributed by atoms with van der Waals surface area (Å²) in [5.41, 5.74) is -1.46. The van der Waals surface area contributed by atoms with E-state index in [1.165, 1.54) is 17.7 Å². The predicted molar refractivity (Wildman–Crippen MR) is 135 cm³/mol. The number of ether oxygens (including phenoxy) is 4. The van der Waals surface area contributed by atoms with E-state index in [2.05, 4.69) is 19.8 Å². The minimum atomic E-state index is -4.10. The minimum absolute atomic E-state index is 0.00988. The first kappa shape index (κ1) is 26.6. The third-order valence-corrected chi connectivity index (χ3v) is 7.55. The molecule has 0 saturated heterocycles. The summed E-state index contributed by atoms with van der Waals surface area (Å²) in [6.45, 7) is 2.77. The van der Waals surface area contributed by atoms with Crippen LogP contribution in [0.4, 0.5) is 14.5 Å². The van der Waals surface area contributed by atoms with Crippen LogP contribution in [-0.2, 0) is 44.2 Å². The largest absolute Gasteiger partial charge is 0.586 e. The van der Waals surface area contributed by atoms with Gasteiger partial charge in [-0.3, -0.25) is 19.7 Å². The van der Waals surface area contributed by atoms with Crippen LogP contribution in [0.1, 0.15) is 42.5 Å². The van der Waals surface area contributed by atoms with Crippen LogP contribution in [0.2, 0.25) is 0 Å². The molecular weight excluding hydrogens is 550 g/mol. The van der Waals surface area contributed by atoms with E-state index in [4.69, 9.17) is 9.47 Å². The van der Waals surface area contributed by atoms with Gasteiger partial charge in [-0.15, -0.1) is 8.78 Å². The van der Waals surface area contributed by atoms with Crippen molar-refractivity contribution in [3.63, 3.8) is 0 Å². The number of esters is 2. The van der Waals surface area contributed by atoms with Crippen molar-refractivity contribution in [2.24, 2.45) is 0 Å². The van der Waals surface area contributed by atoms with Crippen molar-refractivity contribution in [2.75, 3.05) is 13.6 Å².